The summed E-state index contributed by atoms with van der Waals surface area (Å²) >= 11 is 0. The van der Waals surface area contributed by atoms with Crippen LogP contribution in [0.5, 0.6) is 23.0 Å². The fourth-order valence-electron chi connectivity index (χ4n) is 3.84. The molecule has 0 spiro atoms. The molecule has 0 aromatic heterocycles. The third-order valence-electron chi connectivity index (χ3n) is 5.04. The van der Waals surface area contributed by atoms with Crippen LogP contribution in [-0.2, 0) is 18.4 Å². The Labute approximate surface area is 181 Å². The molecule has 0 amide bonds. The van der Waals surface area contributed by atoms with Crippen molar-refractivity contribution in [3.63, 3.8) is 0 Å². The molecule has 0 bridgehead atoms. The summed E-state index contributed by atoms with van der Waals surface area (Å²) in [4.78, 5) is 13.3. The molecule has 1 aliphatic rings. The number of benzene rings is 2. The van der Waals surface area contributed by atoms with Crippen LogP contribution in [0.1, 0.15) is 30.9 Å². The highest BCUT2D eigenvalue weighted by Gasteiger charge is 2.53. The molecule has 0 saturated heterocycles. The highest BCUT2D eigenvalue weighted by atomic mass is 31.2. The van der Waals surface area contributed by atoms with Crippen molar-refractivity contribution in [3.05, 3.63) is 47.5 Å². The number of carbonyl (C=O) groups is 1. The zero-order chi connectivity index (χ0) is 22.6. The van der Waals surface area contributed by atoms with Crippen LogP contribution < -0.4 is 18.9 Å². The zero-order valence-corrected chi connectivity index (χ0v) is 19.1. The van der Waals surface area contributed by atoms with E-state index in [4.69, 9.17) is 28.0 Å². The number of hydrogen-bond acceptors (Lipinski definition) is 8. The summed E-state index contributed by atoms with van der Waals surface area (Å²) < 4.78 is 47.1. The van der Waals surface area contributed by atoms with E-state index >= 15 is 0 Å². The maximum absolute atomic E-state index is 13.8. The van der Waals surface area contributed by atoms with Crippen LogP contribution in [-0.4, -0.2) is 46.2 Å². The highest BCUT2D eigenvalue weighted by Crippen LogP contribution is 2.63. The van der Waals surface area contributed by atoms with Gasteiger partial charge in [-0.1, -0.05) is 18.2 Å². The molecule has 9 heteroatoms. The summed E-state index contributed by atoms with van der Waals surface area (Å²) in [7, 11) is 0.618. The molecule has 0 unspecified atom stereocenters. The van der Waals surface area contributed by atoms with Gasteiger partial charge in [0, 0.05) is 29.2 Å². The standard InChI is InChI=1S/C22H27O8P/c1-6-28-31(24,29-7-2)21-19(15-10-8-9-11-16(15)26-4)20-17(27-5)12-14(25-3)13-18(20)30-22(21)23/h8-13,19,21H,6-7H2,1-5H3/t19-,21+/m0/s1. The van der Waals surface area contributed by atoms with E-state index in [0.717, 1.165) is 0 Å². The van der Waals surface area contributed by atoms with Gasteiger partial charge in [0.2, 0.25) is 0 Å². The molecule has 8 nitrogen and oxygen atoms in total. The van der Waals surface area contributed by atoms with Gasteiger partial charge in [0.15, 0.2) is 5.66 Å². The van der Waals surface area contributed by atoms with Crippen LogP contribution >= 0.6 is 7.60 Å². The molecule has 0 fully saturated rings. The molecule has 0 saturated carbocycles. The molecule has 2 aromatic rings. The maximum atomic E-state index is 13.8. The summed E-state index contributed by atoms with van der Waals surface area (Å²) in [5, 5.41) is 0. The fraction of sp³-hybridized carbons (Fsp3) is 0.409. The summed E-state index contributed by atoms with van der Waals surface area (Å²) in [6, 6.07) is 10.5. The molecule has 1 aliphatic heterocycles. The molecule has 0 radical (unpaired) electrons. The third-order valence-corrected chi connectivity index (χ3v) is 7.47. The summed E-state index contributed by atoms with van der Waals surface area (Å²) in [5.74, 6) is 0.172. The molecule has 168 valence electrons. The minimum atomic E-state index is -3.92. The molecule has 2 atom stereocenters. The second-order valence-electron chi connectivity index (χ2n) is 6.70. The fourth-order valence-corrected chi connectivity index (χ4v) is 5.94. The van der Waals surface area contributed by atoms with Crippen molar-refractivity contribution in [2.24, 2.45) is 0 Å². The zero-order valence-electron chi connectivity index (χ0n) is 18.2. The van der Waals surface area contributed by atoms with Crippen molar-refractivity contribution in [2.45, 2.75) is 25.4 Å². The Kier molecular flexibility index (Phi) is 7.26. The van der Waals surface area contributed by atoms with E-state index in [2.05, 4.69) is 0 Å². The largest absolute Gasteiger partial charge is 0.496 e. The van der Waals surface area contributed by atoms with E-state index in [9.17, 15) is 9.36 Å². The molecule has 1 heterocycles. The Hall–Kier alpha value is -2.54. The molecular formula is C22H27O8P. The van der Waals surface area contributed by atoms with Crippen LogP contribution in [0.15, 0.2) is 36.4 Å². The molecule has 2 aromatic carbocycles. The lowest BCUT2D eigenvalue weighted by Crippen LogP contribution is -2.38. The van der Waals surface area contributed by atoms with Gasteiger partial charge < -0.3 is 28.0 Å². The van der Waals surface area contributed by atoms with Crippen LogP contribution in [0.4, 0.5) is 0 Å². The van der Waals surface area contributed by atoms with Gasteiger partial charge in [-0.2, -0.15) is 0 Å². The van der Waals surface area contributed by atoms with Gasteiger partial charge in [-0.05, 0) is 19.9 Å². The predicted molar refractivity (Wildman–Crippen MR) is 115 cm³/mol. The Bertz CT molecular complexity index is 979. The maximum Gasteiger partial charge on any atom is 0.345 e. The number of methoxy groups -OCH3 is 3. The van der Waals surface area contributed by atoms with Gasteiger partial charge >= 0.3 is 13.6 Å². The predicted octanol–water partition coefficient (Wildman–Crippen LogP) is 4.40. The van der Waals surface area contributed by atoms with Crippen molar-refractivity contribution >= 4 is 13.6 Å². The first-order chi connectivity index (χ1) is 14.9. The van der Waals surface area contributed by atoms with Crippen molar-refractivity contribution in [2.75, 3.05) is 34.5 Å². The van der Waals surface area contributed by atoms with Crippen molar-refractivity contribution in [3.8, 4) is 23.0 Å². The summed E-state index contributed by atoms with van der Waals surface area (Å²) in [6.45, 7) is 3.59. The first-order valence-electron chi connectivity index (χ1n) is 9.93. The van der Waals surface area contributed by atoms with E-state index in [1.165, 1.54) is 21.3 Å². The molecular weight excluding hydrogens is 423 g/mol. The quantitative estimate of drug-likeness (QED) is 0.316. The minimum absolute atomic E-state index is 0.103. The van der Waals surface area contributed by atoms with Crippen molar-refractivity contribution in [1.82, 2.24) is 0 Å². The smallest absolute Gasteiger partial charge is 0.345 e. The number of rotatable bonds is 9. The van der Waals surface area contributed by atoms with E-state index in [1.54, 1.807) is 32.0 Å². The van der Waals surface area contributed by atoms with Gasteiger partial charge in [-0.3, -0.25) is 9.36 Å². The lowest BCUT2D eigenvalue weighted by Gasteiger charge is -2.36. The minimum Gasteiger partial charge on any atom is -0.496 e. The topological polar surface area (TPSA) is 89.5 Å². The molecule has 0 N–H and O–H groups in total. The summed E-state index contributed by atoms with van der Waals surface area (Å²) in [5.41, 5.74) is -0.0773. The van der Waals surface area contributed by atoms with E-state index < -0.39 is 25.1 Å². The van der Waals surface area contributed by atoms with Gasteiger partial charge in [-0.15, -0.1) is 0 Å². The highest BCUT2D eigenvalue weighted by molar-refractivity contribution is 7.55. The number of fused-ring (bicyclic) bond motifs is 1. The first kappa shape index (κ1) is 23.1. The number of para-hydroxylation sites is 1. The van der Waals surface area contributed by atoms with E-state index in [1.807, 2.05) is 18.2 Å². The van der Waals surface area contributed by atoms with Gasteiger partial charge in [-0.25, -0.2) is 0 Å². The van der Waals surface area contributed by atoms with Crippen LogP contribution in [0.2, 0.25) is 0 Å². The van der Waals surface area contributed by atoms with Gasteiger partial charge in [0.05, 0.1) is 34.5 Å². The molecule has 31 heavy (non-hydrogen) atoms. The van der Waals surface area contributed by atoms with Gasteiger partial charge in [0.1, 0.15) is 23.0 Å². The Morgan fingerprint density at radius 1 is 0.935 bits per heavy atom. The van der Waals surface area contributed by atoms with Crippen molar-refractivity contribution < 1.29 is 37.4 Å². The molecule has 0 aliphatic carbocycles. The second-order valence-corrected chi connectivity index (χ2v) is 8.85. The van der Waals surface area contributed by atoms with Crippen molar-refractivity contribution in [1.29, 1.82) is 0 Å². The van der Waals surface area contributed by atoms with E-state index in [0.29, 0.717) is 28.4 Å². The Morgan fingerprint density at radius 3 is 2.16 bits per heavy atom. The number of esters is 1. The number of hydrogen-bond donors (Lipinski definition) is 0. The Morgan fingerprint density at radius 2 is 1.58 bits per heavy atom. The molecule has 3 rings (SSSR count). The first-order valence-corrected chi connectivity index (χ1v) is 11.5. The Balaban J connectivity index is 2.35. The lowest BCUT2D eigenvalue weighted by atomic mass is 9.84. The SMILES string of the molecule is CCOP(=O)(OCC)[C@H]1C(=O)Oc2cc(OC)cc(OC)c2[C@@H]1c1ccccc1OC. The van der Waals surface area contributed by atoms with Crippen LogP contribution in [0.25, 0.3) is 0 Å². The number of carbonyl (C=O) groups excluding carboxylic acids is 1. The summed E-state index contributed by atoms with van der Waals surface area (Å²) in [6.07, 6.45) is 0. The normalized spacial score (nSPS) is 18.2. The monoisotopic (exact) mass is 450 g/mol. The third kappa shape index (κ3) is 4.28. The van der Waals surface area contributed by atoms with Crippen LogP contribution in [0, 0.1) is 0 Å². The van der Waals surface area contributed by atoms with Gasteiger partial charge in [0.25, 0.3) is 0 Å². The number of ether oxygens (including phenoxy) is 4. The lowest BCUT2D eigenvalue weighted by molar-refractivity contribution is -0.135. The average Bonchev–Trinajstić information content (AvgIpc) is 2.77. The van der Waals surface area contributed by atoms with E-state index in [-0.39, 0.29) is 19.0 Å². The van der Waals surface area contributed by atoms with Crippen LogP contribution in [0.3, 0.4) is 0 Å². The second kappa shape index (κ2) is 9.73. The average molecular weight is 450 g/mol.